The number of hydrogen-bond donors (Lipinski definition) is 1. The van der Waals surface area contributed by atoms with Gasteiger partial charge in [0.2, 0.25) is 5.91 Å². The van der Waals surface area contributed by atoms with Gasteiger partial charge in [-0.3, -0.25) is 4.79 Å². The fraction of sp³-hybridized carbons (Fsp3) is 0.111. The Kier molecular flexibility index (Phi) is 4.76. The van der Waals surface area contributed by atoms with Gasteiger partial charge < -0.3 is 9.72 Å². The van der Waals surface area contributed by atoms with E-state index in [9.17, 15) is 9.18 Å². The van der Waals surface area contributed by atoms with Gasteiger partial charge in [-0.2, -0.15) is 0 Å². The molecule has 0 aliphatic heterocycles. The molecule has 0 saturated heterocycles. The summed E-state index contributed by atoms with van der Waals surface area (Å²) in [5.41, 5.74) is 3.05. The highest BCUT2D eigenvalue weighted by Gasteiger charge is 2.05. The van der Waals surface area contributed by atoms with Crippen LogP contribution >= 0.6 is 15.9 Å². The largest absolute Gasteiger partial charge is 0.347 e. The number of rotatable bonds is 4. The first-order valence-corrected chi connectivity index (χ1v) is 8.16. The van der Waals surface area contributed by atoms with Crippen LogP contribution in [-0.2, 0) is 11.3 Å². The van der Waals surface area contributed by atoms with Crippen molar-refractivity contribution in [2.45, 2.75) is 13.5 Å². The lowest BCUT2D eigenvalue weighted by Gasteiger charge is -2.00. The zero-order valence-corrected chi connectivity index (χ0v) is 14.5. The van der Waals surface area contributed by atoms with Crippen LogP contribution < -0.4 is 5.32 Å². The summed E-state index contributed by atoms with van der Waals surface area (Å²) in [4.78, 5) is 16.4. The van der Waals surface area contributed by atoms with Gasteiger partial charge in [0.1, 0.15) is 11.5 Å². The number of amides is 1. The predicted octanol–water partition coefficient (Wildman–Crippen LogP) is 3.87. The minimum atomic E-state index is -0.377. The summed E-state index contributed by atoms with van der Waals surface area (Å²) >= 11 is 3.28. The molecule has 3 aromatic rings. The van der Waals surface area contributed by atoms with Crippen molar-refractivity contribution in [1.29, 1.82) is 0 Å². The van der Waals surface area contributed by atoms with E-state index in [0.717, 1.165) is 21.4 Å². The fourth-order valence-corrected chi connectivity index (χ4v) is 2.71. The number of carbonyl (C=O) groups is 1. The number of nitrogens with zero attached hydrogens (tertiary/aromatic N) is 2. The Morgan fingerprint density at radius 3 is 3.04 bits per heavy atom. The SMILES string of the molecule is Cc1cccn2cc(CNC(=O)C=Cc3cc(Br)ccc3F)nc12. The van der Waals surface area contributed by atoms with E-state index in [1.165, 1.54) is 18.2 Å². The van der Waals surface area contributed by atoms with Crippen LogP contribution in [0.5, 0.6) is 0 Å². The first-order chi connectivity index (χ1) is 11.5. The molecule has 2 aromatic heterocycles. The lowest BCUT2D eigenvalue weighted by Crippen LogP contribution is -2.20. The van der Waals surface area contributed by atoms with Crippen LogP contribution in [0, 0.1) is 12.7 Å². The van der Waals surface area contributed by atoms with Gasteiger partial charge in [-0.15, -0.1) is 0 Å². The second kappa shape index (κ2) is 6.97. The normalized spacial score (nSPS) is 11.3. The Hall–Kier alpha value is -2.47. The van der Waals surface area contributed by atoms with Gasteiger partial charge in [0.15, 0.2) is 0 Å². The van der Waals surface area contributed by atoms with E-state index in [4.69, 9.17) is 0 Å². The van der Waals surface area contributed by atoms with E-state index in [-0.39, 0.29) is 11.7 Å². The van der Waals surface area contributed by atoms with Crippen molar-refractivity contribution >= 4 is 33.6 Å². The first kappa shape index (κ1) is 16.4. The lowest BCUT2D eigenvalue weighted by atomic mass is 10.2. The molecule has 2 heterocycles. The van der Waals surface area contributed by atoms with Gasteiger partial charge >= 0.3 is 0 Å². The van der Waals surface area contributed by atoms with Crippen LogP contribution in [0.2, 0.25) is 0 Å². The van der Waals surface area contributed by atoms with Gasteiger partial charge in [0, 0.05) is 28.5 Å². The van der Waals surface area contributed by atoms with Crippen molar-refractivity contribution < 1.29 is 9.18 Å². The first-order valence-electron chi connectivity index (χ1n) is 7.37. The zero-order valence-electron chi connectivity index (χ0n) is 13.0. The average molecular weight is 388 g/mol. The molecule has 0 atom stereocenters. The predicted molar refractivity (Wildman–Crippen MR) is 94.9 cm³/mol. The van der Waals surface area contributed by atoms with Crippen molar-refractivity contribution in [2.75, 3.05) is 0 Å². The van der Waals surface area contributed by atoms with E-state index in [1.54, 1.807) is 12.1 Å². The maximum Gasteiger partial charge on any atom is 0.244 e. The van der Waals surface area contributed by atoms with Crippen LogP contribution in [0.4, 0.5) is 4.39 Å². The summed E-state index contributed by atoms with van der Waals surface area (Å²) in [6, 6.07) is 8.50. The maximum absolute atomic E-state index is 13.6. The Morgan fingerprint density at radius 2 is 2.25 bits per heavy atom. The van der Waals surface area contributed by atoms with Crippen LogP contribution in [0.3, 0.4) is 0 Å². The quantitative estimate of drug-likeness (QED) is 0.690. The summed E-state index contributed by atoms with van der Waals surface area (Å²) in [5.74, 6) is -0.679. The van der Waals surface area contributed by atoms with Crippen molar-refractivity contribution in [1.82, 2.24) is 14.7 Å². The summed E-state index contributed by atoms with van der Waals surface area (Å²) in [6.07, 6.45) is 6.55. The summed E-state index contributed by atoms with van der Waals surface area (Å²) < 4.78 is 16.3. The van der Waals surface area contributed by atoms with Gasteiger partial charge in [0.25, 0.3) is 0 Å². The highest BCUT2D eigenvalue weighted by atomic mass is 79.9. The van der Waals surface area contributed by atoms with E-state index >= 15 is 0 Å². The Morgan fingerprint density at radius 1 is 1.42 bits per heavy atom. The Bertz CT molecular complexity index is 933. The summed E-state index contributed by atoms with van der Waals surface area (Å²) in [6.45, 7) is 2.30. The molecule has 6 heteroatoms. The van der Waals surface area contributed by atoms with Crippen LogP contribution in [-0.4, -0.2) is 15.3 Å². The third-order valence-corrected chi connectivity index (χ3v) is 4.04. The molecule has 0 saturated carbocycles. The molecule has 4 nitrogen and oxygen atoms in total. The monoisotopic (exact) mass is 387 g/mol. The number of nitrogens with one attached hydrogen (secondary N) is 1. The van der Waals surface area contributed by atoms with Crippen molar-refractivity contribution in [3.8, 4) is 0 Å². The second-order valence-electron chi connectivity index (χ2n) is 5.37. The molecule has 0 aliphatic rings. The number of hydrogen-bond acceptors (Lipinski definition) is 2. The molecule has 3 rings (SSSR count). The van der Waals surface area contributed by atoms with E-state index in [2.05, 4.69) is 26.2 Å². The minimum Gasteiger partial charge on any atom is -0.347 e. The number of imidazole rings is 1. The van der Waals surface area contributed by atoms with Gasteiger partial charge in [-0.1, -0.05) is 22.0 Å². The van der Waals surface area contributed by atoms with Crippen LogP contribution in [0.25, 0.3) is 11.7 Å². The zero-order chi connectivity index (χ0) is 17.1. The second-order valence-corrected chi connectivity index (χ2v) is 6.29. The number of benzene rings is 1. The topological polar surface area (TPSA) is 46.4 Å². The number of carbonyl (C=O) groups excluding carboxylic acids is 1. The number of fused-ring (bicyclic) bond motifs is 1. The molecular weight excluding hydrogens is 373 g/mol. The summed E-state index contributed by atoms with van der Waals surface area (Å²) in [5, 5.41) is 2.75. The van der Waals surface area contributed by atoms with Crippen molar-refractivity contribution in [2.24, 2.45) is 0 Å². The number of halogens is 2. The Labute approximate surface area is 147 Å². The van der Waals surface area contributed by atoms with Crippen molar-refractivity contribution in [3.05, 3.63) is 75.9 Å². The molecule has 0 fully saturated rings. The summed E-state index contributed by atoms with van der Waals surface area (Å²) in [7, 11) is 0. The number of aromatic nitrogens is 2. The number of aryl methyl sites for hydroxylation is 1. The molecule has 1 aromatic carbocycles. The van der Waals surface area contributed by atoms with Crippen LogP contribution in [0.1, 0.15) is 16.8 Å². The molecule has 122 valence electrons. The highest BCUT2D eigenvalue weighted by Crippen LogP contribution is 2.16. The molecule has 0 bridgehead atoms. The van der Waals surface area contributed by atoms with Crippen LogP contribution in [0.15, 0.2) is 53.3 Å². The van der Waals surface area contributed by atoms with Gasteiger partial charge in [0.05, 0.1) is 12.2 Å². The molecule has 0 spiro atoms. The molecule has 0 radical (unpaired) electrons. The third-order valence-electron chi connectivity index (χ3n) is 3.54. The standard InChI is InChI=1S/C18H15BrFN3O/c1-12-3-2-8-23-11-15(22-18(12)23)10-21-17(24)7-4-13-9-14(19)5-6-16(13)20/h2-9,11H,10H2,1H3,(H,21,24). The van der Waals surface area contributed by atoms with E-state index < -0.39 is 0 Å². The average Bonchev–Trinajstić information content (AvgIpc) is 2.98. The molecule has 0 aliphatic carbocycles. The molecule has 1 N–H and O–H groups in total. The van der Waals surface area contributed by atoms with E-state index in [1.807, 2.05) is 35.9 Å². The molecular formula is C18H15BrFN3O. The van der Waals surface area contributed by atoms with Crippen molar-refractivity contribution in [3.63, 3.8) is 0 Å². The smallest absolute Gasteiger partial charge is 0.244 e. The van der Waals surface area contributed by atoms with Gasteiger partial charge in [-0.05, 0) is 42.8 Å². The Balaban J connectivity index is 1.65. The minimum absolute atomic E-state index is 0.303. The maximum atomic E-state index is 13.6. The molecule has 0 unspecified atom stereocenters. The highest BCUT2D eigenvalue weighted by molar-refractivity contribution is 9.10. The van der Waals surface area contributed by atoms with Gasteiger partial charge in [-0.25, -0.2) is 9.37 Å². The fourth-order valence-electron chi connectivity index (χ4n) is 2.33. The number of pyridine rings is 1. The lowest BCUT2D eigenvalue weighted by molar-refractivity contribution is -0.116. The molecule has 24 heavy (non-hydrogen) atoms. The van der Waals surface area contributed by atoms with E-state index in [0.29, 0.717) is 12.1 Å². The molecule has 1 amide bonds. The third kappa shape index (κ3) is 3.71.